The van der Waals surface area contributed by atoms with Crippen molar-refractivity contribution in [2.24, 2.45) is 11.8 Å². The molecule has 1 N–H and O–H groups in total. The largest absolute Gasteiger partial charge is 0.481 e. The third-order valence-corrected chi connectivity index (χ3v) is 7.81. The van der Waals surface area contributed by atoms with E-state index in [9.17, 15) is 32.8 Å². The minimum Gasteiger partial charge on any atom is -0.481 e. The van der Waals surface area contributed by atoms with Gasteiger partial charge in [0.2, 0.25) is 10.0 Å². The highest BCUT2D eigenvalue weighted by molar-refractivity contribution is 7.89. The lowest BCUT2D eigenvalue weighted by Gasteiger charge is -2.31. The highest BCUT2D eigenvalue weighted by atomic mass is 35.5. The smallest absolute Gasteiger partial charge is 0.306 e. The standard InChI is InChI=1S/C21H22ClFN2O6S/c22-19-10-9-18(11-20(19)25(28)29)32(30,31)24(13-15-3-7-17(23)8-4-15)12-14-1-5-16(6-2-14)21(26)27/h3-4,7-11,14,16H,1-2,5-6,12-13H2,(H,26,27). The monoisotopic (exact) mass is 484 g/mol. The Bertz CT molecular complexity index is 1100. The van der Waals surface area contributed by atoms with E-state index in [1.165, 1.54) is 40.7 Å². The van der Waals surface area contributed by atoms with Crippen LogP contribution in [0.15, 0.2) is 47.4 Å². The van der Waals surface area contributed by atoms with E-state index in [1.807, 2.05) is 0 Å². The van der Waals surface area contributed by atoms with Crippen LogP contribution < -0.4 is 0 Å². The molecule has 0 heterocycles. The lowest BCUT2D eigenvalue weighted by Crippen LogP contribution is -2.36. The van der Waals surface area contributed by atoms with Crippen LogP contribution in [0.4, 0.5) is 10.1 Å². The summed E-state index contributed by atoms with van der Waals surface area (Å²) in [5.74, 6) is -1.81. The fourth-order valence-corrected chi connectivity index (χ4v) is 5.57. The number of nitro benzene ring substituents is 1. The minimum atomic E-state index is -4.15. The Kier molecular flexibility index (Phi) is 7.47. The molecule has 11 heteroatoms. The van der Waals surface area contributed by atoms with E-state index in [2.05, 4.69) is 0 Å². The van der Waals surface area contributed by atoms with Crippen molar-refractivity contribution >= 4 is 33.3 Å². The lowest BCUT2D eigenvalue weighted by atomic mass is 9.82. The van der Waals surface area contributed by atoms with E-state index in [0.29, 0.717) is 31.2 Å². The zero-order valence-electron chi connectivity index (χ0n) is 17.0. The number of benzene rings is 2. The van der Waals surface area contributed by atoms with E-state index in [0.717, 1.165) is 6.07 Å². The summed E-state index contributed by atoms with van der Waals surface area (Å²) in [6, 6.07) is 8.71. The summed E-state index contributed by atoms with van der Waals surface area (Å²) in [5, 5.41) is 20.2. The quantitative estimate of drug-likeness (QED) is 0.436. The van der Waals surface area contributed by atoms with Gasteiger partial charge < -0.3 is 5.11 Å². The third-order valence-electron chi connectivity index (χ3n) is 5.68. The Morgan fingerprint density at radius 2 is 1.78 bits per heavy atom. The summed E-state index contributed by atoms with van der Waals surface area (Å²) >= 11 is 5.83. The molecule has 0 amide bonds. The molecule has 8 nitrogen and oxygen atoms in total. The molecule has 2 aromatic rings. The number of hydrogen-bond donors (Lipinski definition) is 1. The average Bonchev–Trinajstić information content (AvgIpc) is 2.75. The molecule has 32 heavy (non-hydrogen) atoms. The summed E-state index contributed by atoms with van der Waals surface area (Å²) in [4.78, 5) is 21.4. The second kappa shape index (κ2) is 9.93. The van der Waals surface area contributed by atoms with Crippen molar-refractivity contribution in [3.8, 4) is 0 Å². The molecule has 0 unspecified atom stereocenters. The molecule has 1 saturated carbocycles. The van der Waals surface area contributed by atoms with Crippen LogP contribution >= 0.6 is 11.6 Å². The van der Waals surface area contributed by atoms with E-state index < -0.39 is 38.3 Å². The van der Waals surface area contributed by atoms with Crippen LogP contribution in [0, 0.1) is 27.8 Å². The number of halogens is 2. The van der Waals surface area contributed by atoms with Crippen molar-refractivity contribution in [3.63, 3.8) is 0 Å². The predicted octanol–water partition coefficient (Wildman–Crippen LogP) is 4.47. The second-order valence-electron chi connectivity index (χ2n) is 7.85. The molecule has 0 spiro atoms. The van der Waals surface area contributed by atoms with E-state index in [-0.39, 0.29) is 28.9 Å². The molecule has 0 atom stereocenters. The van der Waals surface area contributed by atoms with Crippen LogP contribution in [0.3, 0.4) is 0 Å². The molecule has 0 bridgehead atoms. The van der Waals surface area contributed by atoms with Gasteiger partial charge in [-0.2, -0.15) is 4.31 Å². The number of carboxylic acid groups (broad SMARTS) is 1. The van der Waals surface area contributed by atoms with E-state index >= 15 is 0 Å². The molecule has 172 valence electrons. The molecule has 0 aromatic heterocycles. The van der Waals surface area contributed by atoms with Crippen LogP contribution in [-0.2, 0) is 21.4 Å². The molecule has 0 aliphatic heterocycles. The number of nitro groups is 1. The van der Waals surface area contributed by atoms with E-state index in [4.69, 9.17) is 11.6 Å². The van der Waals surface area contributed by atoms with Gasteiger partial charge in [0.1, 0.15) is 10.8 Å². The summed E-state index contributed by atoms with van der Waals surface area (Å²) in [6.45, 7) is 0.0559. The van der Waals surface area contributed by atoms with Gasteiger partial charge in [0, 0.05) is 19.2 Å². The summed E-state index contributed by atoms with van der Waals surface area (Å²) in [6.07, 6.45) is 2.01. The highest BCUT2D eigenvalue weighted by Gasteiger charge is 2.32. The molecule has 1 aliphatic carbocycles. The summed E-state index contributed by atoms with van der Waals surface area (Å²) in [5.41, 5.74) is 0.0362. The van der Waals surface area contributed by atoms with Crippen LogP contribution in [0.1, 0.15) is 31.2 Å². The van der Waals surface area contributed by atoms with Gasteiger partial charge in [0.25, 0.3) is 5.69 Å². The normalized spacial score (nSPS) is 19.1. The van der Waals surface area contributed by atoms with Gasteiger partial charge in [-0.3, -0.25) is 14.9 Å². The van der Waals surface area contributed by atoms with Crippen molar-refractivity contribution in [2.75, 3.05) is 6.54 Å². The Labute approximate surface area is 189 Å². The zero-order valence-corrected chi connectivity index (χ0v) is 18.6. The maximum atomic E-state index is 13.4. The Morgan fingerprint density at radius 3 is 2.34 bits per heavy atom. The molecule has 1 fully saturated rings. The Hall–Kier alpha value is -2.56. The number of aliphatic carboxylic acids is 1. The zero-order chi connectivity index (χ0) is 23.5. The predicted molar refractivity (Wildman–Crippen MR) is 115 cm³/mol. The van der Waals surface area contributed by atoms with Gasteiger partial charge >= 0.3 is 5.97 Å². The number of rotatable bonds is 8. The fraction of sp³-hybridized carbons (Fsp3) is 0.381. The molecule has 0 saturated heterocycles. The van der Waals surface area contributed by atoms with Crippen LogP contribution in [0.25, 0.3) is 0 Å². The third kappa shape index (κ3) is 5.62. The van der Waals surface area contributed by atoms with Crippen LogP contribution in [0.5, 0.6) is 0 Å². The Balaban J connectivity index is 1.90. The first-order chi connectivity index (χ1) is 15.1. The van der Waals surface area contributed by atoms with Crippen molar-refractivity contribution in [1.82, 2.24) is 4.31 Å². The first kappa shape index (κ1) is 24.1. The fourth-order valence-electron chi connectivity index (χ4n) is 3.86. The lowest BCUT2D eigenvalue weighted by molar-refractivity contribution is -0.384. The Morgan fingerprint density at radius 1 is 1.16 bits per heavy atom. The van der Waals surface area contributed by atoms with Gasteiger partial charge in [-0.15, -0.1) is 0 Å². The van der Waals surface area contributed by atoms with Gasteiger partial charge in [-0.25, -0.2) is 12.8 Å². The molecule has 0 radical (unpaired) electrons. The molecular weight excluding hydrogens is 463 g/mol. The summed E-state index contributed by atoms with van der Waals surface area (Å²) in [7, 11) is -4.15. The molecule has 1 aliphatic rings. The highest BCUT2D eigenvalue weighted by Crippen LogP contribution is 2.33. The van der Waals surface area contributed by atoms with Gasteiger partial charge in [0.15, 0.2) is 0 Å². The second-order valence-corrected chi connectivity index (χ2v) is 10.2. The van der Waals surface area contributed by atoms with Gasteiger partial charge in [-0.1, -0.05) is 23.7 Å². The average molecular weight is 485 g/mol. The van der Waals surface area contributed by atoms with Crippen LogP contribution in [-0.4, -0.2) is 35.3 Å². The molecule has 3 rings (SSSR count). The van der Waals surface area contributed by atoms with Gasteiger partial charge in [0.05, 0.1) is 15.7 Å². The van der Waals surface area contributed by atoms with Gasteiger partial charge in [-0.05, 0) is 61.4 Å². The molecular formula is C21H22ClFN2O6S. The van der Waals surface area contributed by atoms with E-state index in [1.54, 1.807) is 0 Å². The minimum absolute atomic E-state index is 0.0576. The maximum absolute atomic E-state index is 13.4. The van der Waals surface area contributed by atoms with Crippen molar-refractivity contribution < 1.29 is 27.6 Å². The molecule has 2 aromatic carbocycles. The van der Waals surface area contributed by atoms with Crippen molar-refractivity contribution in [1.29, 1.82) is 0 Å². The van der Waals surface area contributed by atoms with Crippen molar-refractivity contribution in [3.05, 3.63) is 69.0 Å². The first-order valence-corrected chi connectivity index (χ1v) is 11.8. The van der Waals surface area contributed by atoms with Crippen molar-refractivity contribution in [2.45, 2.75) is 37.1 Å². The topological polar surface area (TPSA) is 118 Å². The number of carboxylic acids is 1. The number of hydrogen-bond acceptors (Lipinski definition) is 5. The van der Waals surface area contributed by atoms with Crippen LogP contribution in [0.2, 0.25) is 5.02 Å². The summed E-state index contributed by atoms with van der Waals surface area (Å²) < 4.78 is 41.4. The number of nitrogens with zero attached hydrogens (tertiary/aromatic N) is 2. The number of carbonyl (C=O) groups is 1. The number of sulfonamides is 1. The maximum Gasteiger partial charge on any atom is 0.306 e. The SMILES string of the molecule is O=C(O)C1CCC(CN(Cc2ccc(F)cc2)S(=O)(=O)c2ccc(Cl)c([N+](=O)[O-])c2)CC1. The first-order valence-electron chi connectivity index (χ1n) is 9.99.